The fourth-order valence-corrected chi connectivity index (χ4v) is 2.18. The smallest absolute Gasteiger partial charge is 0.335 e. The lowest BCUT2D eigenvalue weighted by atomic mass is 10.1. The first-order valence-electron chi connectivity index (χ1n) is 6.25. The molecule has 1 amide bonds. The first kappa shape index (κ1) is 13.5. The van der Waals surface area contributed by atoms with Crippen LogP contribution in [0.15, 0.2) is 18.2 Å². The number of fused-ring (bicyclic) bond motifs is 1. The number of carbonyl (C=O) groups excluding carboxylic acids is 1. The van der Waals surface area contributed by atoms with Crippen LogP contribution < -0.4 is 0 Å². The van der Waals surface area contributed by atoms with Crippen molar-refractivity contribution in [3.63, 3.8) is 0 Å². The summed E-state index contributed by atoms with van der Waals surface area (Å²) in [5, 5.41) is 8.95. The average molecular weight is 262 g/mol. The summed E-state index contributed by atoms with van der Waals surface area (Å²) in [7, 11) is 3.87. The third-order valence-electron chi connectivity index (χ3n) is 3.30. The van der Waals surface area contributed by atoms with Crippen molar-refractivity contribution < 1.29 is 14.7 Å². The number of benzene rings is 1. The Morgan fingerprint density at radius 3 is 2.58 bits per heavy atom. The summed E-state index contributed by atoms with van der Waals surface area (Å²) >= 11 is 0. The van der Waals surface area contributed by atoms with E-state index < -0.39 is 5.97 Å². The molecule has 5 nitrogen and oxygen atoms in total. The molecule has 0 saturated carbocycles. The van der Waals surface area contributed by atoms with Gasteiger partial charge < -0.3 is 14.9 Å². The van der Waals surface area contributed by atoms with Crippen molar-refractivity contribution in [2.45, 2.75) is 19.5 Å². The maximum absolute atomic E-state index is 12.0. The molecule has 19 heavy (non-hydrogen) atoms. The van der Waals surface area contributed by atoms with E-state index in [0.717, 1.165) is 17.7 Å². The Labute approximate surface area is 112 Å². The molecule has 0 aliphatic carbocycles. The normalized spacial score (nSPS) is 13.7. The highest BCUT2D eigenvalue weighted by Crippen LogP contribution is 2.24. The number of carboxylic acids is 1. The van der Waals surface area contributed by atoms with Gasteiger partial charge in [-0.3, -0.25) is 4.79 Å². The molecule has 0 unspecified atom stereocenters. The van der Waals surface area contributed by atoms with Crippen LogP contribution in [0, 0.1) is 0 Å². The van der Waals surface area contributed by atoms with Gasteiger partial charge in [-0.05, 0) is 37.4 Å². The van der Waals surface area contributed by atoms with E-state index in [9.17, 15) is 9.59 Å². The van der Waals surface area contributed by atoms with Gasteiger partial charge >= 0.3 is 5.97 Å². The summed E-state index contributed by atoms with van der Waals surface area (Å²) < 4.78 is 0. The summed E-state index contributed by atoms with van der Waals surface area (Å²) in [4.78, 5) is 26.7. The van der Waals surface area contributed by atoms with E-state index in [-0.39, 0.29) is 11.5 Å². The standard InChI is InChI=1S/C14H18N2O3/c1-15(2)6-5-13(17)16-8-11-4-3-10(14(18)19)7-12(11)9-16/h3-4,7H,5-6,8-9H2,1-2H3,(H,18,19). The highest BCUT2D eigenvalue weighted by molar-refractivity contribution is 5.88. The van der Waals surface area contributed by atoms with Gasteiger partial charge in [-0.25, -0.2) is 4.79 Å². The minimum atomic E-state index is -0.930. The van der Waals surface area contributed by atoms with E-state index in [0.29, 0.717) is 19.5 Å². The van der Waals surface area contributed by atoms with Crippen LogP contribution in [-0.4, -0.2) is 47.4 Å². The molecular formula is C14H18N2O3. The molecule has 102 valence electrons. The van der Waals surface area contributed by atoms with E-state index in [1.807, 2.05) is 19.0 Å². The summed E-state index contributed by atoms with van der Waals surface area (Å²) in [6, 6.07) is 5.06. The van der Waals surface area contributed by atoms with E-state index in [2.05, 4.69) is 0 Å². The van der Waals surface area contributed by atoms with Crippen molar-refractivity contribution in [2.24, 2.45) is 0 Å². The van der Waals surface area contributed by atoms with Crippen LogP contribution in [-0.2, 0) is 17.9 Å². The largest absolute Gasteiger partial charge is 0.478 e. The molecule has 0 bridgehead atoms. The summed E-state index contributed by atoms with van der Waals surface area (Å²) in [6.07, 6.45) is 0.493. The van der Waals surface area contributed by atoms with Crippen molar-refractivity contribution in [3.8, 4) is 0 Å². The van der Waals surface area contributed by atoms with E-state index in [1.54, 1.807) is 23.1 Å². The molecule has 0 radical (unpaired) electrons. The van der Waals surface area contributed by atoms with Gasteiger partial charge in [0.1, 0.15) is 0 Å². The van der Waals surface area contributed by atoms with Gasteiger partial charge in [0.2, 0.25) is 5.91 Å². The quantitative estimate of drug-likeness (QED) is 0.885. The lowest BCUT2D eigenvalue weighted by molar-refractivity contribution is -0.132. The molecule has 1 N–H and O–H groups in total. The fourth-order valence-electron chi connectivity index (χ4n) is 2.18. The van der Waals surface area contributed by atoms with Gasteiger partial charge in [0.05, 0.1) is 5.56 Å². The number of hydrogen-bond acceptors (Lipinski definition) is 3. The van der Waals surface area contributed by atoms with Crippen molar-refractivity contribution in [1.82, 2.24) is 9.80 Å². The minimum absolute atomic E-state index is 0.113. The van der Waals surface area contributed by atoms with Crippen LogP contribution in [0.5, 0.6) is 0 Å². The number of hydrogen-bond donors (Lipinski definition) is 1. The lowest BCUT2D eigenvalue weighted by Gasteiger charge is -2.17. The van der Waals surface area contributed by atoms with Crippen molar-refractivity contribution in [3.05, 3.63) is 34.9 Å². The highest BCUT2D eigenvalue weighted by Gasteiger charge is 2.23. The molecule has 1 aromatic carbocycles. The Morgan fingerprint density at radius 2 is 1.95 bits per heavy atom. The monoisotopic (exact) mass is 262 g/mol. The molecule has 0 fully saturated rings. The van der Waals surface area contributed by atoms with Crippen molar-refractivity contribution in [1.29, 1.82) is 0 Å². The predicted octanol–water partition coefficient (Wildman–Crippen LogP) is 1.18. The zero-order chi connectivity index (χ0) is 14.0. The number of carboxylic acid groups (broad SMARTS) is 1. The van der Waals surface area contributed by atoms with E-state index >= 15 is 0 Å². The average Bonchev–Trinajstić information content (AvgIpc) is 2.78. The predicted molar refractivity (Wildman–Crippen MR) is 70.8 cm³/mol. The molecule has 0 atom stereocenters. The summed E-state index contributed by atoms with van der Waals surface area (Å²) in [5.74, 6) is -0.818. The Bertz CT molecular complexity index is 511. The molecule has 5 heteroatoms. The van der Waals surface area contributed by atoms with Crippen LogP contribution in [0.1, 0.15) is 27.9 Å². The Kier molecular flexibility index (Phi) is 3.85. The van der Waals surface area contributed by atoms with Crippen molar-refractivity contribution in [2.75, 3.05) is 20.6 Å². The highest BCUT2D eigenvalue weighted by atomic mass is 16.4. The summed E-state index contributed by atoms with van der Waals surface area (Å²) in [5.41, 5.74) is 2.27. The number of carbonyl (C=O) groups is 2. The van der Waals surface area contributed by atoms with Gasteiger partial charge in [-0.2, -0.15) is 0 Å². The molecular weight excluding hydrogens is 244 g/mol. The van der Waals surface area contributed by atoms with Crippen molar-refractivity contribution >= 4 is 11.9 Å². The van der Waals surface area contributed by atoms with Crippen LogP contribution in [0.4, 0.5) is 0 Å². The van der Waals surface area contributed by atoms with Crippen LogP contribution in [0.2, 0.25) is 0 Å². The van der Waals surface area contributed by atoms with Crippen LogP contribution in [0.3, 0.4) is 0 Å². The topological polar surface area (TPSA) is 60.9 Å². The summed E-state index contributed by atoms with van der Waals surface area (Å²) in [6.45, 7) is 1.83. The van der Waals surface area contributed by atoms with Gasteiger partial charge in [-0.1, -0.05) is 6.07 Å². The Morgan fingerprint density at radius 1 is 1.26 bits per heavy atom. The number of rotatable bonds is 4. The second kappa shape index (κ2) is 5.40. The van der Waals surface area contributed by atoms with Gasteiger partial charge in [0.15, 0.2) is 0 Å². The molecule has 1 aliphatic heterocycles. The molecule has 2 rings (SSSR count). The number of aromatic carboxylic acids is 1. The minimum Gasteiger partial charge on any atom is -0.478 e. The number of nitrogens with zero attached hydrogens (tertiary/aromatic N) is 2. The van der Waals surface area contributed by atoms with Crippen LogP contribution >= 0.6 is 0 Å². The zero-order valence-corrected chi connectivity index (χ0v) is 11.2. The first-order valence-corrected chi connectivity index (χ1v) is 6.25. The maximum atomic E-state index is 12.0. The lowest BCUT2D eigenvalue weighted by Crippen LogP contribution is -2.28. The number of amides is 1. The third kappa shape index (κ3) is 3.12. The fraction of sp³-hybridized carbons (Fsp3) is 0.429. The molecule has 0 saturated heterocycles. The molecule has 0 aromatic heterocycles. The molecule has 0 spiro atoms. The second-order valence-corrected chi connectivity index (χ2v) is 5.09. The van der Waals surface area contributed by atoms with E-state index in [4.69, 9.17) is 5.11 Å². The van der Waals surface area contributed by atoms with Crippen LogP contribution in [0.25, 0.3) is 0 Å². The Balaban J connectivity index is 2.03. The molecule has 1 heterocycles. The third-order valence-corrected chi connectivity index (χ3v) is 3.30. The Hall–Kier alpha value is -1.88. The van der Waals surface area contributed by atoms with Gasteiger partial charge in [0.25, 0.3) is 0 Å². The van der Waals surface area contributed by atoms with Gasteiger partial charge in [-0.15, -0.1) is 0 Å². The first-order chi connectivity index (χ1) is 8.97. The van der Waals surface area contributed by atoms with E-state index in [1.165, 1.54) is 0 Å². The zero-order valence-electron chi connectivity index (χ0n) is 11.2. The second-order valence-electron chi connectivity index (χ2n) is 5.09. The molecule has 1 aromatic rings. The van der Waals surface area contributed by atoms with Gasteiger partial charge in [0, 0.05) is 26.1 Å². The maximum Gasteiger partial charge on any atom is 0.335 e. The molecule has 1 aliphatic rings. The SMILES string of the molecule is CN(C)CCC(=O)N1Cc2ccc(C(=O)O)cc2C1.